The van der Waals surface area contributed by atoms with Gasteiger partial charge < -0.3 is 14.0 Å². The summed E-state index contributed by atoms with van der Waals surface area (Å²) < 4.78 is 13.6. The molecule has 2 saturated carbocycles. The molecule has 4 aromatic rings. The third-order valence-corrected chi connectivity index (χ3v) is 6.73. The molecule has 180 valence electrons. The molecule has 2 fully saturated rings. The highest BCUT2D eigenvalue weighted by molar-refractivity contribution is 5.96. The molecule has 1 N–H and O–H groups in total. The molecule has 2 aromatic carbocycles. The van der Waals surface area contributed by atoms with Crippen molar-refractivity contribution in [1.29, 1.82) is 5.26 Å². The maximum absolute atomic E-state index is 12.2. The number of nitrogens with zero attached hydrogens (tertiary/aromatic N) is 4. The molecular weight excluding hydrogens is 454 g/mol. The first kappa shape index (κ1) is 22.1. The lowest BCUT2D eigenvalue weighted by atomic mass is 10.1. The van der Waals surface area contributed by atoms with Gasteiger partial charge in [0.05, 0.1) is 16.8 Å². The Hall–Kier alpha value is -4.38. The van der Waals surface area contributed by atoms with E-state index in [4.69, 9.17) is 9.47 Å². The summed E-state index contributed by atoms with van der Waals surface area (Å²) in [5, 5.41) is 13.8. The molecule has 2 heterocycles. The quantitative estimate of drug-likeness (QED) is 0.327. The first-order valence-electron chi connectivity index (χ1n) is 12.2. The van der Waals surface area contributed by atoms with Gasteiger partial charge in [0.15, 0.2) is 0 Å². The lowest BCUT2D eigenvalue weighted by Gasteiger charge is -2.14. The highest BCUT2D eigenvalue weighted by atomic mass is 16.6. The fourth-order valence-electron chi connectivity index (χ4n) is 4.60. The lowest BCUT2D eigenvalue weighted by Crippen LogP contribution is -2.21. The Morgan fingerprint density at radius 2 is 1.86 bits per heavy atom. The van der Waals surface area contributed by atoms with Crippen LogP contribution in [0, 0.1) is 17.2 Å². The second-order valence-corrected chi connectivity index (χ2v) is 9.40. The molecule has 2 aromatic heterocycles. The summed E-state index contributed by atoms with van der Waals surface area (Å²) in [6.07, 6.45) is 7.09. The summed E-state index contributed by atoms with van der Waals surface area (Å²) in [4.78, 5) is 20.5. The summed E-state index contributed by atoms with van der Waals surface area (Å²) >= 11 is 0. The van der Waals surface area contributed by atoms with E-state index in [-0.39, 0.29) is 12.1 Å². The molecule has 1 atom stereocenters. The van der Waals surface area contributed by atoms with E-state index in [9.17, 15) is 10.1 Å². The van der Waals surface area contributed by atoms with Crippen molar-refractivity contribution in [3.05, 3.63) is 66.5 Å². The Bertz CT molecular complexity index is 1470. The maximum Gasteiger partial charge on any atom is 0.411 e. The van der Waals surface area contributed by atoms with Crippen LogP contribution in [0.3, 0.4) is 0 Å². The van der Waals surface area contributed by atoms with Gasteiger partial charge in [0.25, 0.3) is 0 Å². The second-order valence-electron chi connectivity index (χ2n) is 9.40. The standard InChI is InChI=1S/C28H25N5O3/c1-17(18-3-4-18)35-28(34)32-20-7-5-19(6-8-20)26-24(16-29)23-12-11-22(36-27-30-13-2-14-31-27)15-25(23)33(26)21-9-10-21/h2,5-8,11-15,17-18,21H,3-4,9-10H2,1H3,(H,32,34). The van der Waals surface area contributed by atoms with Crippen LogP contribution in [-0.4, -0.2) is 26.7 Å². The van der Waals surface area contributed by atoms with Gasteiger partial charge in [0.2, 0.25) is 0 Å². The zero-order valence-corrected chi connectivity index (χ0v) is 19.8. The number of hydrogen-bond donors (Lipinski definition) is 1. The number of hydrogen-bond acceptors (Lipinski definition) is 6. The molecule has 8 nitrogen and oxygen atoms in total. The molecule has 36 heavy (non-hydrogen) atoms. The van der Waals surface area contributed by atoms with Crippen molar-refractivity contribution in [1.82, 2.24) is 14.5 Å². The van der Waals surface area contributed by atoms with Crippen LogP contribution < -0.4 is 10.1 Å². The van der Waals surface area contributed by atoms with E-state index >= 15 is 0 Å². The topological polar surface area (TPSA) is 102 Å². The molecular formula is C28H25N5O3. The van der Waals surface area contributed by atoms with Crippen molar-refractivity contribution in [2.75, 3.05) is 5.32 Å². The van der Waals surface area contributed by atoms with Crippen molar-refractivity contribution in [3.8, 4) is 29.1 Å². The van der Waals surface area contributed by atoms with E-state index < -0.39 is 6.09 Å². The molecule has 2 aliphatic carbocycles. The highest BCUT2D eigenvalue weighted by Gasteiger charge is 2.32. The molecule has 0 saturated heterocycles. The van der Waals surface area contributed by atoms with Gasteiger partial charge in [-0.3, -0.25) is 5.32 Å². The van der Waals surface area contributed by atoms with Crippen molar-refractivity contribution >= 4 is 22.7 Å². The van der Waals surface area contributed by atoms with Crippen LogP contribution in [0.15, 0.2) is 60.9 Å². The highest BCUT2D eigenvalue weighted by Crippen LogP contribution is 2.45. The van der Waals surface area contributed by atoms with Crippen molar-refractivity contribution in [2.24, 2.45) is 5.92 Å². The summed E-state index contributed by atoms with van der Waals surface area (Å²) in [5.74, 6) is 1.10. The minimum atomic E-state index is -0.443. The van der Waals surface area contributed by atoms with Gasteiger partial charge in [0, 0.05) is 35.6 Å². The van der Waals surface area contributed by atoms with Gasteiger partial charge in [-0.15, -0.1) is 0 Å². The molecule has 1 unspecified atom stereocenters. The molecule has 1 amide bonds. The van der Waals surface area contributed by atoms with Crippen LogP contribution in [-0.2, 0) is 4.74 Å². The smallest absolute Gasteiger partial charge is 0.411 e. The van der Waals surface area contributed by atoms with Gasteiger partial charge >= 0.3 is 12.1 Å². The number of ether oxygens (including phenoxy) is 2. The van der Waals surface area contributed by atoms with E-state index in [0.29, 0.717) is 29.0 Å². The van der Waals surface area contributed by atoms with Crippen molar-refractivity contribution in [2.45, 2.75) is 44.8 Å². The number of rotatable bonds is 7. The molecule has 6 rings (SSSR count). The molecule has 2 aliphatic rings. The largest absolute Gasteiger partial charge is 0.446 e. The van der Waals surface area contributed by atoms with Crippen LogP contribution in [0.4, 0.5) is 10.5 Å². The monoisotopic (exact) mass is 479 g/mol. The summed E-state index contributed by atoms with van der Waals surface area (Å²) in [5.41, 5.74) is 4.00. The van der Waals surface area contributed by atoms with Gasteiger partial charge in [0.1, 0.15) is 17.9 Å². The van der Waals surface area contributed by atoms with Gasteiger partial charge in [-0.05, 0) is 74.4 Å². The SMILES string of the molecule is CC(OC(=O)Nc1ccc(-c2c(C#N)c3ccc(Oc4ncccn4)cc3n2C2CC2)cc1)C1CC1. The van der Waals surface area contributed by atoms with E-state index in [1.54, 1.807) is 18.5 Å². The first-order valence-corrected chi connectivity index (χ1v) is 12.2. The zero-order chi connectivity index (χ0) is 24.6. The molecule has 0 radical (unpaired) electrons. The van der Waals surface area contributed by atoms with E-state index in [1.165, 1.54) is 0 Å². The molecule has 0 bridgehead atoms. The Labute approximate surface area is 208 Å². The Morgan fingerprint density at radius 1 is 1.11 bits per heavy atom. The van der Waals surface area contributed by atoms with Crippen LogP contribution >= 0.6 is 0 Å². The number of nitrogens with one attached hydrogen (secondary N) is 1. The number of carbonyl (C=O) groups is 1. The molecule has 0 aliphatic heterocycles. The number of aromatic nitrogens is 3. The predicted octanol–water partition coefficient (Wildman–Crippen LogP) is 6.44. The number of nitriles is 1. The van der Waals surface area contributed by atoms with Gasteiger partial charge in [-0.2, -0.15) is 5.26 Å². The van der Waals surface area contributed by atoms with Crippen LogP contribution in [0.25, 0.3) is 22.2 Å². The molecule has 0 spiro atoms. The third kappa shape index (κ3) is 4.36. The Morgan fingerprint density at radius 3 is 2.53 bits per heavy atom. The second kappa shape index (κ2) is 9.00. The Balaban J connectivity index is 1.32. The van der Waals surface area contributed by atoms with Crippen LogP contribution in [0.2, 0.25) is 0 Å². The van der Waals surface area contributed by atoms with Crippen LogP contribution in [0.1, 0.15) is 44.2 Å². The summed E-state index contributed by atoms with van der Waals surface area (Å²) in [6, 6.07) is 18.0. The average Bonchev–Trinajstić information content (AvgIpc) is 3.81. The minimum Gasteiger partial charge on any atom is -0.446 e. The Kier molecular flexibility index (Phi) is 5.53. The van der Waals surface area contributed by atoms with E-state index in [1.807, 2.05) is 49.4 Å². The normalized spacial score (nSPS) is 15.8. The number of fused-ring (bicyclic) bond motifs is 1. The van der Waals surface area contributed by atoms with Gasteiger partial charge in [-0.1, -0.05) is 12.1 Å². The number of carbonyl (C=O) groups excluding carboxylic acids is 1. The molecule has 8 heteroatoms. The minimum absolute atomic E-state index is 0.0703. The summed E-state index contributed by atoms with van der Waals surface area (Å²) in [7, 11) is 0. The van der Waals surface area contributed by atoms with Gasteiger partial charge in [-0.25, -0.2) is 14.8 Å². The maximum atomic E-state index is 12.2. The number of benzene rings is 2. The lowest BCUT2D eigenvalue weighted by molar-refractivity contribution is 0.108. The van der Waals surface area contributed by atoms with Crippen LogP contribution in [0.5, 0.6) is 11.8 Å². The van der Waals surface area contributed by atoms with Crippen molar-refractivity contribution in [3.63, 3.8) is 0 Å². The third-order valence-electron chi connectivity index (χ3n) is 6.73. The first-order chi connectivity index (χ1) is 17.6. The van der Waals surface area contributed by atoms with E-state index in [2.05, 4.69) is 25.9 Å². The predicted molar refractivity (Wildman–Crippen MR) is 135 cm³/mol. The number of anilines is 1. The number of amides is 1. The fourth-order valence-corrected chi connectivity index (χ4v) is 4.60. The fraction of sp³-hybridized carbons (Fsp3) is 0.286. The zero-order valence-electron chi connectivity index (χ0n) is 19.8. The summed E-state index contributed by atoms with van der Waals surface area (Å²) in [6.45, 7) is 1.93. The van der Waals surface area contributed by atoms with Crippen molar-refractivity contribution < 1.29 is 14.3 Å². The van der Waals surface area contributed by atoms with E-state index in [0.717, 1.165) is 47.8 Å². The average molecular weight is 480 g/mol.